The molecule has 6 heteroatoms. The molecule has 0 aliphatic heterocycles. The van der Waals surface area contributed by atoms with Crippen molar-refractivity contribution in [2.24, 2.45) is 0 Å². The van der Waals surface area contributed by atoms with Crippen LogP contribution in [0.3, 0.4) is 0 Å². The quantitative estimate of drug-likeness (QED) is 0.902. The fourth-order valence-corrected chi connectivity index (χ4v) is 1.96. The molecule has 2 aromatic rings. The summed E-state index contributed by atoms with van der Waals surface area (Å²) < 4.78 is 14.7. The van der Waals surface area contributed by atoms with Gasteiger partial charge in [0.2, 0.25) is 5.95 Å². The summed E-state index contributed by atoms with van der Waals surface area (Å²) in [5.41, 5.74) is 2.94. The Kier molecular flexibility index (Phi) is 3.99. The number of benzene rings is 1. The lowest BCUT2D eigenvalue weighted by Crippen LogP contribution is -2.03. The highest BCUT2D eigenvalue weighted by atomic mass is 79.9. The number of rotatable bonds is 3. The van der Waals surface area contributed by atoms with Gasteiger partial charge >= 0.3 is 0 Å². The van der Waals surface area contributed by atoms with E-state index in [4.69, 9.17) is 0 Å². The van der Waals surface area contributed by atoms with Gasteiger partial charge in [-0.25, -0.2) is 9.37 Å². The first-order valence-corrected chi connectivity index (χ1v) is 6.54. The Labute approximate surface area is 119 Å². The molecule has 100 valence electrons. The number of anilines is 3. The molecule has 2 N–H and O–H groups in total. The smallest absolute Gasteiger partial charge is 0.224 e. The van der Waals surface area contributed by atoms with Crippen LogP contribution in [0, 0.1) is 19.7 Å². The van der Waals surface area contributed by atoms with Gasteiger partial charge in [0.25, 0.3) is 0 Å². The van der Waals surface area contributed by atoms with E-state index in [1.165, 1.54) is 0 Å². The first-order chi connectivity index (χ1) is 9.01. The van der Waals surface area contributed by atoms with Crippen molar-refractivity contribution in [2.75, 3.05) is 17.7 Å². The van der Waals surface area contributed by atoms with E-state index >= 15 is 0 Å². The van der Waals surface area contributed by atoms with E-state index in [1.807, 2.05) is 26.0 Å². The zero-order valence-corrected chi connectivity index (χ0v) is 12.5. The first kappa shape index (κ1) is 13.7. The minimum atomic E-state index is -0.489. The van der Waals surface area contributed by atoms with Gasteiger partial charge in [0.05, 0.1) is 6.20 Å². The highest BCUT2D eigenvalue weighted by Gasteiger charge is 2.08. The van der Waals surface area contributed by atoms with Crippen molar-refractivity contribution in [3.05, 3.63) is 39.7 Å². The molecule has 2 rings (SSSR count). The Morgan fingerprint density at radius 1 is 1.21 bits per heavy atom. The number of nitrogens with zero attached hydrogens (tertiary/aromatic N) is 2. The molecule has 0 saturated heterocycles. The van der Waals surface area contributed by atoms with Gasteiger partial charge in [0, 0.05) is 17.2 Å². The van der Waals surface area contributed by atoms with Crippen LogP contribution in [0.1, 0.15) is 11.1 Å². The van der Waals surface area contributed by atoms with Crippen LogP contribution in [0.2, 0.25) is 0 Å². The van der Waals surface area contributed by atoms with Crippen molar-refractivity contribution in [3.63, 3.8) is 0 Å². The van der Waals surface area contributed by atoms with E-state index in [0.29, 0.717) is 5.95 Å². The normalized spacial score (nSPS) is 10.4. The fourth-order valence-electron chi connectivity index (χ4n) is 1.73. The second kappa shape index (κ2) is 5.52. The van der Waals surface area contributed by atoms with Gasteiger partial charge in [-0.1, -0.05) is 15.9 Å². The van der Waals surface area contributed by atoms with E-state index in [0.717, 1.165) is 27.5 Å². The number of halogens is 2. The third-order valence-electron chi connectivity index (χ3n) is 2.67. The summed E-state index contributed by atoms with van der Waals surface area (Å²) in [6, 6.07) is 3.86. The molecule has 0 fully saturated rings. The minimum absolute atomic E-state index is 0.153. The molecule has 1 aromatic heterocycles. The SMILES string of the molecule is CNc1ncc(F)c(Nc2cc(C)c(Br)c(C)c2)n1. The second-order valence-electron chi connectivity index (χ2n) is 4.19. The number of hydrogen-bond donors (Lipinski definition) is 2. The third-order valence-corrected chi connectivity index (χ3v) is 3.92. The van der Waals surface area contributed by atoms with Gasteiger partial charge in [-0.15, -0.1) is 0 Å². The number of hydrogen-bond acceptors (Lipinski definition) is 4. The van der Waals surface area contributed by atoms with E-state index in [9.17, 15) is 4.39 Å². The van der Waals surface area contributed by atoms with Crippen LogP contribution in [-0.4, -0.2) is 17.0 Å². The largest absolute Gasteiger partial charge is 0.357 e. The molecule has 0 atom stereocenters. The number of nitrogens with one attached hydrogen (secondary N) is 2. The first-order valence-electron chi connectivity index (χ1n) is 5.75. The van der Waals surface area contributed by atoms with Crippen LogP contribution in [-0.2, 0) is 0 Å². The summed E-state index contributed by atoms with van der Waals surface area (Å²) >= 11 is 3.50. The molecule has 0 spiro atoms. The molecule has 0 aliphatic carbocycles. The Morgan fingerprint density at radius 3 is 2.42 bits per heavy atom. The molecule has 0 aliphatic rings. The van der Waals surface area contributed by atoms with Crippen LogP contribution < -0.4 is 10.6 Å². The van der Waals surface area contributed by atoms with Crippen LogP contribution >= 0.6 is 15.9 Å². The average molecular weight is 325 g/mol. The van der Waals surface area contributed by atoms with Gasteiger partial charge in [-0.05, 0) is 37.1 Å². The number of aryl methyl sites for hydroxylation is 2. The zero-order valence-electron chi connectivity index (χ0n) is 10.9. The van der Waals surface area contributed by atoms with Crippen LogP contribution in [0.25, 0.3) is 0 Å². The molecule has 0 saturated carbocycles. The molecule has 0 amide bonds. The summed E-state index contributed by atoms with van der Waals surface area (Å²) in [5, 5.41) is 5.74. The Hall–Kier alpha value is -1.69. The molecule has 1 heterocycles. The second-order valence-corrected chi connectivity index (χ2v) is 4.98. The zero-order chi connectivity index (χ0) is 14.0. The predicted octanol–water partition coefficient (Wildman–Crippen LogP) is 3.78. The lowest BCUT2D eigenvalue weighted by atomic mass is 10.1. The Bertz CT molecular complexity index is 593. The van der Waals surface area contributed by atoms with E-state index in [1.54, 1.807) is 7.05 Å². The molecule has 0 unspecified atom stereocenters. The predicted molar refractivity (Wildman–Crippen MR) is 78.4 cm³/mol. The summed E-state index contributed by atoms with van der Waals surface area (Å²) in [5.74, 6) is 0.0344. The highest BCUT2D eigenvalue weighted by Crippen LogP contribution is 2.27. The number of aromatic nitrogens is 2. The maximum atomic E-state index is 13.6. The lowest BCUT2D eigenvalue weighted by Gasteiger charge is -2.11. The fraction of sp³-hybridized carbons (Fsp3) is 0.231. The summed E-state index contributed by atoms with van der Waals surface area (Å²) in [4.78, 5) is 7.85. The molecular formula is C13H14BrFN4. The third kappa shape index (κ3) is 3.01. The molecular weight excluding hydrogens is 311 g/mol. The van der Waals surface area contributed by atoms with Gasteiger partial charge in [-0.3, -0.25) is 0 Å². The molecule has 19 heavy (non-hydrogen) atoms. The van der Waals surface area contributed by atoms with Gasteiger partial charge in [-0.2, -0.15) is 4.98 Å². The highest BCUT2D eigenvalue weighted by molar-refractivity contribution is 9.10. The summed E-state index contributed by atoms with van der Waals surface area (Å²) in [6.45, 7) is 3.97. The van der Waals surface area contributed by atoms with E-state index in [2.05, 4.69) is 36.5 Å². The molecule has 4 nitrogen and oxygen atoms in total. The molecule has 1 aromatic carbocycles. The van der Waals surface area contributed by atoms with E-state index in [-0.39, 0.29) is 5.82 Å². The maximum Gasteiger partial charge on any atom is 0.224 e. The van der Waals surface area contributed by atoms with Gasteiger partial charge < -0.3 is 10.6 Å². The lowest BCUT2D eigenvalue weighted by molar-refractivity contribution is 0.619. The van der Waals surface area contributed by atoms with Gasteiger partial charge in [0.1, 0.15) is 0 Å². The monoisotopic (exact) mass is 324 g/mol. The van der Waals surface area contributed by atoms with Crippen molar-refractivity contribution in [3.8, 4) is 0 Å². The average Bonchev–Trinajstić information content (AvgIpc) is 2.38. The summed E-state index contributed by atoms with van der Waals surface area (Å²) in [6.07, 6.45) is 1.14. The topological polar surface area (TPSA) is 49.8 Å². The van der Waals surface area contributed by atoms with Crippen molar-refractivity contribution < 1.29 is 4.39 Å². The standard InChI is InChI=1S/C13H14BrFN4/c1-7-4-9(5-8(2)11(7)14)18-12-10(15)6-17-13(16-3)19-12/h4-6H,1-3H3,(H2,16,17,18,19). The van der Waals surface area contributed by atoms with Crippen molar-refractivity contribution in [1.82, 2.24) is 9.97 Å². The molecule has 0 bridgehead atoms. The summed E-state index contributed by atoms with van der Waals surface area (Å²) in [7, 11) is 1.69. The Morgan fingerprint density at radius 2 is 1.84 bits per heavy atom. The minimum Gasteiger partial charge on any atom is -0.357 e. The van der Waals surface area contributed by atoms with Crippen molar-refractivity contribution in [1.29, 1.82) is 0 Å². The maximum absolute atomic E-state index is 13.6. The van der Waals surface area contributed by atoms with Crippen molar-refractivity contribution >= 4 is 33.4 Å². The van der Waals surface area contributed by atoms with Crippen LogP contribution in [0.4, 0.5) is 21.8 Å². The van der Waals surface area contributed by atoms with Gasteiger partial charge in [0.15, 0.2) is 11.6 Å². The van der Waals surface area contributed by atoms with Crippen LogP contribution in [0.5, 0.6) is 0 Å². The van der Waals surface area contributed by atoms with Crippen molar-refractivity contribution in [2.45, 2.75) is 13.8 Å². The Balaban J connectivity index is 2.36. The van der Waals surface area contributed by atoms with Crippen LogP contribution in [0.15, 0.2) is 22.8 Å². The molecule has 0 radical (unpaired) electrons. The van der Waals surface area contributed by atoms with E-state index < -0.39 is 5.82 Å².